The Morgan fingerprint density at radius 1 is 1.55 bits per heavy atom. The number of rotatable bonds is 3. The third-order valence-corrected chi connectivity index (χ3v) is 3.84. The summed E-state index contributed by atoms with van der Waals surface area (Å²) in [6.45, 7) is 4.55. The van der Waals surface area contributed by atoms with Crippen LogP contribution in [-0.4, -0.2) is 32.1 Å². The lowest BCUT2D eigenvalue weighted by molar-refractivity contribution is -0.135. The number of hydrogen-bond acceptors (Lipinski definition) is 4. The van der Waals surface area contributed by atoms with Crippen LogP contribution in [-0.2, 0) is 4.79 Å². The Morgan fingerprint density at radius 2 is 2.40 bits per heavy atom. The Labute approximate surface area is 117 Å². The van der Waals surface area contributed by atoms with Gasteiger partial charge in [-0.3, -0.25) is 4.79 Å². The molecule has 0 bridgehead atoms. The summed E-state index contributed by atoms with van der Waals surface area (Å²) in [5, 5.41) is 3.92. The van der Waals surface area contributed by atoms with Crippen LogP contribution in [0.5, 0.6) is 0 Å². The number of amides is 1. The molecule has 0 aromatic carbocycles. The van der Waals surface area contributed by atoms with E-state index >= 15 is 0 Å². The Kier molecular flexibility index (Phi) is 3.30. The Balaban J connectivity index is 1.80. The molecule has 0 unspecified atom stereocenters. The van der Waals surface area contributed by atoms with Crippen molar-refractivity contribution in [2.24, 2.45) is 0 Å². The minimum atomic E-state index is -0.248. The summed E-state index contributed by atoms with van der Waals surface area (Å²) in [6.07, 6.45) is 7.09. The molecule has 0 N–H and O–H groups in total. The zero-order valence-electron chi connectivity index (χ0n) is 11.7. The Morgan fingerprint density at radius 3 is 3.05 bits per heavy atom. The zero-order chi connectivity index (χ0) is 14.1. The third-order valence-electron chi connectivity index (χ3n) is 3.84. The summed E-state index contributed by atoms with van der Waals surface area (Å²) < 4.78 is 7.16. The van der Waals surface area contributed by atoms with Gasteiger partial charge in [-0.25, -0.2) is 4.98 Å². The summed E-state index contributed by atoms with van der Waals surface area (Å²) in [5.41, 5.74) is 0.849. The SMILES string of the molecule is Cc1cc([C@H]2CCCN2C(=O)[C@@H](C)n2ccnc2)on1. The van der Waals surface area contributed by atoms with E-state index in [1.165, 1.54) is 0 Å². The largest absolute Gasteiger partial charge is 0.359 e. The van der Waals surface area contributed by atoms with Gasteiger partial charge in [0, 0.05) is 25.0 Å². The van der Waals surface area contributed by atoms with Gasteiger partial charge in [0.25, 0.3) is 0 Å². The fourth-order valence-electron chi connectivity index (χ4n) is 2.73. The van der Waals surface area contributed by atoms with Gasteiger partial charge in [0.05, 0.1) is 18.1 Å². The molecule has 1 aliphatic heterocycles. The number of likely N-dealkylation sites (tertiary alicyclic amines) is 1. The van der Waals surface area contributed by atoms with Gasteiger partial charge in [0.1, 0.15) is 6.04 Å². The molecule has 3 rings (SSSR count). The van der Waals surface area contributed by atoms with Crippen molar-refractivity contribution in [3.63, 3.8) is 0 Å². The predicted octanol–water partition coefficient (Wildman–Crippen LogP) is 2.10. The number of aryl methyl sites for hydroxylation is 1. The molecule has 0 radical (unpaired) electrons. The van der Waals surface area contributed by atoms with Crippen LogP contribution in [0.25, 0.3) is 0 Å². The maximum Gasteiger partial charge on any atom is 0.246 e. The van der Waals surface area contributed by atoms with Gasteiger partial charge in [-0.2, -0.15) is 0 Å². The van der Waals surface area contributed by atoms with Crippen LogP contribution in [0.2, 0.25) is 0 Å². The lowest BCUT2D eigenvalue weighted by atomic mass is 10.1. The number of hydrogen-bond donors (Lipinski definition) is 0. The van der Waals surface area contributed by atoms with Crippen LogP contribution in [0.4, 0.5) is 0 Å². The average molecular weight is 274 g/mol. The summed E-state index contributed by atoms with van der Waals surface area (Å²) in [6, 6.07) is 1.68. The first-order chi connectivity index (χ1) is 9.66. The molecule has 0 aliphatic carbocycles. The Hall–Kier alpha value is -2.11. The van der Waals surface area contributed by atoms with Crippen molar-refractivity contribution < 1.29 is 9.32 Å². The monoisotopic (exact) mass is 274 g/mol. The molecule has 6 heteroatoms. The van der Waals surface area contributed by atoms with Gasteiger partial charge in [-0.1, -0.05) is 5.16 Å². The van der Waals surface area contributed by atoms with Crippen LogP contribution in [0.1, 0.15) is 43.3 Å². The van der Waals surface area contributed by atoms with Crippen molar-refractivity contribution in [1.29, 1.82) is 0 Å². The summed E-state index contributed by atoms with van der Waals surface area (Å²) in [5.74, 6) is 0.880. The maximum atomic E-state index is 12.6. The predicted molar refractivity (Wildman–Crippen MR) is 71.9 cm³/mol. The van der Waals surface area contributed by atoms with E-state index in [4.69, 9.17) is 4.52 Å². The highest BCUT2D eigenvalue weighted by Gasteiger charge is 2.34. The smallest absolute Gasteiger partial charge is 0.246 e. The standard InChI is InChI=1S/C14H18N4O2/c1-10-8-13(20-16-10)12-4-3-6-18(12)14(19)11(2)17-7-5-15-9-17/h5,7-9,11-12H,3-4,6H2,1-2H3/t11-,12-/m1/s1. The van der Waals surface area contributed by atoms with E-state index < -0.39 is 0 Å². The molecular formula is C14H18N4O2. The lowest BCUT2D eigenvalue weighted by Gasteiger charge is -2.26. The minimum absolute atomic E-state index is 0.00896. The van der Waals surface area contributed by atoms with Crippen molar-refractivity contribution in [2.45, 2.75) is 38.8 Å². The van der Waals surface area contributed by atoms with Crippen molar-refractivity contribution in [1.82, 2.24) is 19.6 Å². The highest BCUT2D eigenvalue weighted by Crippen LogP contribution is 2.33. The molecule has 2 aromatic rings. The number of carbonyl (C=O) groups is 1. The van der Waals surface area contributed by atoms with E-state index in [-0.39, 0.29) is 18.0 Å². The van der Waals surface area contributed by atoms with Gasteiger partial charge in [0.15, 0.2) is 5.76 Å². The van der Waals surface area contributed by atoms with Crippen molar-refractivity contribution >= 4 is 5.91 Å². The van der Waals surface area contributed by atoms with Gasteiger partial charge >= 0.3 is 0 Å². The number of nitrogens with zero attached hydrogens (tertiary/aromatic N) is 4. The molecule has 1 fully saturated rings. The summed E-state index contributed by atoms with van der Waals surface area (Å²) >= 11 is 0. The van der Waals surface area contributed by atoms with E-state index in [2.05, 4.69) is 10.1 Å². The Bertz CT molecular complexity index is 590. The second-order valence-electron chi connectivity index (χ2n) is 5.25. The summed E-state index contributed by atoms with van der Waals surface area (Å²) in [4.78, 5) is 18.5. The second-order valence-corrected chi connectivity index (χ2v) is 5.25. The minimum Gasteiger partial charge on any atom is -0.359 e. The topological polar surface area (TPSA) is 64.2 Å². The van der Waals surface area contributed by atoms with E-state index in [1.54, 1.807) is 12.5 Å². The van der Waals surface area contributed by atoms with Crippen molar-refractivity contribution in [2.75, 3.05) is 6.54 Å². The fraction of sp³-hybridized carbons (Fsp3) is 0.500. The molecule has 1 saturated heterocycles. The molecular weight excluding hydrogens is 256 g/mol. The van der Waals surface area contributed by atoms with Crippen molar-refractivity contribution in [3.8, 4) is 0 Å². The molecule has 1 amide bonds. The highest BCUT2D eigenvalue weighted by atomic mass is 16.5. The first kappa shape index (κ1) is 12.9. The van der Waals surface area contributed by atoms with Crippen LogP contribution in [0, 0.1) is 6.92 Å². The van der Waals surface area contributed by atoms with Crippen LogP contribution in [0.15, 0.2) is 29.3 Å². The van der Waals surface area contributed by atoms with Gasteiger partial charge in [-0.05, 0) is 26.7 Å². The average Bonchev–Trinajstić information content (AvgIpc) is 3.17. The van der Waals surface area contributed by atoms with Gasteiger partial charge in [-0.15, -0.1) is 0 Å². The van der Waals surface area contributed by atoms with E-state index in [1.807, 2.05) is 35.6 Å². The molecule has 106 valence electrons. The number of aromatic nitrogens is 3. The van der Waals surface area contributed by atoms with E-state index in [9.17, 15) is 4.79 Å². The number of carbonyl (C=O) groups excluding carboxylic acids is 1. The highest BCUT2D eigenvalue weighted by molar-refractivity contribution is 5.80. The quantitative estimate of drug-likeness (QED) is 0.859. The molecule has 6 nitrogen and oxygen atoms in total. The van der Waals surface area contributed by atoms with Crippen LogP contribution >= 0.6 is 0 Å². The maximum absolute atomic E-state index is 12.6. The number of imidazole rings is 1. The normalized spacial score (nSPS) is 20.3. The van der Waals surface area contributed by atoms with Crippen LogP contribution in [0.3, 0.4) is 0 Å². The van der Waals surface area contributed by atoms with E-state index in [0.717, 1.165) is 30.8 Å². The molecule has 20 heavy (non-hydrogen) atoms. The molecule has 0 saturated carbocycles. The second kappa shape index (κ2) is 5.11. The van der Waals surface area contributed by atoms with Gasteiger partial charge < -0.3 is 14.0 Å². The van der Waals surface area contributed by atoms with E-state index in [0.29, 0.717) is 0 Å². The zero-order valence-corrected chi connectivity index (χ0v) is 11.7. The van der Waals surface area contributed by atoms with Gasteiger partial charge in [0.2, 0.25) is 5.91 Å². The van der Waals surface area contributed by atoms with Crippen molar-refractivity contribution in [3.05, 3.63) is 36.2 Å². The molecule has 0 spiro atoms. The van der Waals surface area contributed by atoms with Crippen LogP contribution < -0.4 is 0 Å². The molecule has 1 aliphatic rings. The lowest BCUT2D eigenvalue weighted by Crippen LogP contribution is -2.35. The molecule has 3 heterocycles. The molecule has 2 aromatic heterocycles. The fourth-order valence-corrected chi connectivity index (χ4v) is 2.73. The first-order valence-electron chi connectivity index (χ1n) is 6.88. The third kappa shape index (κ3) is 2.21. The summed E-state index contributed by atoms with van der Waals surface area (Å²) in [7, 11) is 0. The first-order valence-corrected chi connectivity index (χ1v) is 6.88. The molecule has 2 atom stereocenters.